The molecule has 5 nitrogen and oxygen atoms in total. The van der Waals surface area contributed by atoms with Crippen LogP contribution in [0.1, 0.15) is 16.1 Å². The molecule has 1 N–H and O–H groups in total. The van der Waals surface area contributed by atoms with Crippen LogP contribution in [0.15, 0.2) is 16.7 Å². The molecule has 17 heavy (non-hydrogen) atoms. The first-order chi connectivity index (χ1) is 8.00. The van der Waals surface area contributed by atoms with Crippen molar-refractivity contribution in [3.63, 3.8) is 0 Å². The van der Waals surface area contributed by atoms with Crippen LogP contribution in [0.5, 0.6) is 0 Å². The van der Waals surface area contributed by atoms with Gasteiger partial charge in [-0.2, -0.15) is 0 Å². The molecule has 2 heterocycles. The number of carboxylic acid groups (broad SMARTS) is 1. The van der Waals surface area contributed by atoms with Gasteiger partial charge in [-0.3, -0.25) is 0 Å². The van der Waals surface area contributed by atoms with Gasteiger partial charge in [-0.1, -0.05) is 28.4 Å². The van der Waals surface area contributed by atoms with E-state index in [0.717, 1.165) is 0 Å². The average Bonchev–Trinajstić information content (AvgIpc) is 2.60. The largest absolute Gasteiger partial charge is 0.477 e. The van der Waals surface area contributed by atoms with Crippen LogP contribution in [0.4, 0.5) is 0 Å². The minimum Gasteiger partial charge on any atom is -0.477 e. The molecule has 88 valence electrons. The molecule has 2 aromatic rings. The van der Waals surface area contributed by atoms with Gasteiger partial charge < -0.3 is 9.63 Å². The summed E-state index contributed by atoms with van der Waals surface area (Å²) in [5, 5.41) is 13.0. The van der Waals surface area contributed by atoms with Gasteiger partial charge in [0.2, 0.25) is 0 Å². The van der Waals surface area contributed by atoms with Crippen LogP contribution in [0, 0.1) is 6.92 Å². The van der Waals surface area contributed by atoms with Crippen LogP contribution in [-0.2, 0) is 0 Å². The van der Waals surface area contributed by atoms with Gasteiger partial charge in [0.15, 0.2) is 0 Å². The number of pyridine rings is 1. The van der Waals surface area contributed by atoms with E-state index >= 15 is 0 Å². The highest BCUT2D eigenvalue weighted by atomic mass is 35.5. The smallest absolute Gasteiger partial charge is 0.341 e. The summed E-state index contributed by atoms with van der Waals surface area (Å²) < 4.78 is 4.85. The van der Waals surface area contributed by atoms with Gasteiger partial charge >= 0.3 is 5.97 Å². The number of aryl methyl sites for hydroxylation is 1. The molecule has 7 heteroatoms. The summed E-state index contributed by atoms with van der Waals surface area (Å²) in [6.07, 6.45) is 0. The second kappa shape index (κ2) is 4.35. The number of hydrogen-bond acceptors (Lipinski definition) is 4. The Kier molecular flexibility index (Phi) is 3.04. The fourth-order valence-corrected chi connectivity index (χ4v) is 1.83. The summed E-state index contributed by atoms with van der Waals surface area (Å²) in [6, 6.07) is 3.04. The van der Waals surface area contributed by atoms with Gasteiger partial charge in [0.05, 0.1) is 0 Å². The number of hydrogen-bond donors (Lipinski definition) is 1. The summed E-state index contributed by atoms with van der Waals surface area (Å²) in [6.45, 7) is 1.51. The highest BCUT2D eigenvalue weighted by molar-refractivity contribution is 6.34. The van der Waals surface area contributed by atoms with E-state index in [1.54, 1.807) is 6.07 Å². The van der Waals surface area contributed by atoms with E-state index in [1.165, 1.54) is 13.0 Å². The summed E-state index contributed by atoms with van der Waals surface area (Å²) in [7, 11) is 0. The predicted octanol–water partition coefficient (Wildman–Crippen LogP) is 3.05. The number of nitrogens with zero attached hydrogens (tertiary/aromatic N) is 2. The van der Waals surface area contributed by atoms with E-state index in [-0.39, 0.29) is 27.3 Å². The number of carbonyl (C=O) groups is 1. The topological polar surface area (TPSA) is 76.2 Å². The highest BCUT2D eigenvalue weighted by Gasteiger charge is 2.22. The summed E-state index contributed by atoms with van der Waals surface area (Å²) in [4.78, 5) is 14.9. The molecule has 0 bridgehead atoms. The SMILES string of the molecule is Cc1onc(-c2ccc(Cl)nc2Cl)c1C(=O)O. The molecule has 0 aliphatic heterocycles. The monoisotopic (exact) mass is 272 g/mol. The molecule has 0 spiro atoms. The molecule has 0 fully saturated rings. The second-order valence-corrected chi connectivity index (χ2v) is 3.99. The molecular formula is C10H6Cl2N2O3. The van der Waals surface area contributed by atoms with Crippen molar-refractivity contribution in [2.24, 2.45) is 0 Å². The van der Waals surface area contributed by atoms with Crippen molar-refractivity contribution in [3.05, 3.63) is 33.8 Å². The Morgan fingerprint density at radius 2 is 2.12 bits per heavy atom. The molecule has 0 aromatic carbocycles. The minimum atomic E-state index is -1.13. The Balaban J connectivity index is 2.65. The van der Waals surface area contributed by atoms with Crippen molar-refractivity contribution in [1.82, 2.24) is 10.1 Å². The molecular weight excluding hydrogens is 267 g/mol. The maximum atomic E-state index is 11.1. The third kappa shape index (κ3) is 2.11. The van der Waals surface area contributed by atoms with Crippen LogP contribution in [0.3, 0.4) is 0 Å². The van der Waals surface area contributed by atoms with Crippen LogP contribution in [0.25, 0.3) is 11.3 Å². The Hall–Kier alpha value is -1.59. The van der Waals surface area contributed by atoms with E-state index < -0.39 is 5.97 Å². The zero-order chi connectivity index (χ0) is 12.6. The first kappa shape index (κ1) is 11.9. The van der Waals surface area contributed by atoms with Crippen molar-refractivity contribution >= 4 is 29.2 Å². The summed E-state index contributed by atoms with van der Waals surface area (Å²) >= 11 is 11.5. The third-order valence-corrected chi connectivity index (χ3v) is 2.65. The zero-order valence-corrected chi connectivity index (χ0v) is 10.1. The van der Waals surface area contributed by atoms with Crippen molar-refractivity contribution in [3.8, 4) is 11.3 Å². The van der Waals surface area contributed by atoms with Gasteiger partial charge in [0.1, 0.15) is 27.3 Å². The van der Waals surface area contributed by atoms with Gasteiger partial charge in [0, 0.05) is 5.56 Å². The average molecular weight is 273 g/mol. The Bertz CT molecular complexity index is 595. The van der Waals surface area contributed by atoms with E-state index in [2.05, 4.69) is 10.1 Å². The quantitative estimate of drug-likeness (QED) is 0.851. The first-order valence-electron chi connectivity index (χ1n) is 4.52. The predicted molar refractivity (Wildman–Crippen MR) is 61.5 cm³/mol. The summed E-state index contributed by atoms with van der Waals surface area (Å²) in [5.41, 5.74) is 0.477. The highest BCUT2D eigenvalue weighted by Crippen LogP contribution is 2.30. The van der Waals surface area contributed by atoms with E-state index in [1.807, 2.05) is 0 Å². The van der Waals surface area contributed by atoms with Crippen molar-refractivity contribution in [2.75, 3.05) is 0 Å². The zero-order valence-electron chi connectivity index (χ0n) is 8.57. The number of carboxylic acids is 1. The molecule has 0 saturated carbocycles. The minimum absolute atomic E-state index is 0.0315. The van der Waals surface area contributed by atoms with E-state index in [9.17, 15) is 4.79 Å². The molecule has 0 saturated heterocycles. The summed E-state index contributed by atoms with van der Waals surface area (Å²) in [5.74, 6) is -0.928. The van der Waals surface area contributed by atoms with Gasteiger partial charge in [-0.15, -0.1) is 0 Å². The number of halogens is 2. The van der Waals surface area contributed by atoms with Gasteiger partial charge in [-0.05, 0) is 19.1 Å². The molecule has 0 atom stereocenters. The molecule has 0 radical (unpaired) electrons. The number of aromatic nitrogens is 2. The van der Waals surface area contributed by atoms with Gasteiger partial charge in [-0.25, -0.2) is 9.78 Å². The van der Waals surface area contributed by atoms with E-state index in [4.69, 9.17) is 32.8 Å². The van der Waals surface area contributed by atoms with Crippen molar-refractivity contribution in [2.45, 2.75) is 6.92 Å². The Labute approximate surface area is 106 Å². The molecule has 0 amide bonds. The van der Waals surface area contributed by atoms with Crippen LogP contribution < -0.4 is 0 Å². The fourth-order valence-electron chi connectivity index (χ4n) is 1.40. The maximum Gasteiger partial charge on any atom is 0.341 e. The molecule has 0 aliphatic carbocycles. The molecule has 0 aliphatic rings. The normalized spacial score (nSPS) is 10.5. The van der Waals surface area contributed by atoms with Crippen molar-refractivity contribution < 1.29 is 14.4 Å². The second-order valence-electron chi connectivity index (χ2n) is 3.24. The van der Waals surface area contributed by atoms with Gasteiger partial charge in [0.25, 0.3) is 0 Å². The molecule has 2 rings (SSSR count). The van der Waals surface area contributed by atoms with Crippen LogP contribution in [0.2, 0.25) is 10.3 Å². The van der Waals surface area contributed by atoms with E-state index in [0.29, 0.717) is 5.56 Å². The maximum absolute atomic E-state index is 11.1. The first-order valence-corrected chi connectivity index (χ1v) is 5.28. The molecule has 2 aromatic heterocycles. The Morgan fingerprint density at radius 3 is 2.71 bits per heavy atom. The Morgan fingerprint density at radius 1 is 1.41 bits per heavy atom. The number of rotatable bonds is 2. The lowest BCUT2D eigenvalue weighted by Gasteiger charge is -2.01. The lowest BCUT2D eigenvalue weighted by Crippen LogP contribution is -1.99. The van der Waals surface area contributed by atoms with Crippen LogP contribution in [-0.4, -0.2) is 21.2 Å². The lowest BCUT2D eigenvalue weighted by molar-refractivity contribution is 0.0696. The fraction of sp³-hybridized carbons (Fsp3) is 0.100. The lowest BCUT2D eigenvalue weighted by atomic mass is 10.1. The third-order valence-electron chi connectivity index (χ3n) is 2.15. The standard InChI is InChI=1S/C10H6Cl2N2O3/c1-4-7(10(15)16)8(14-17-4)5-2-3-6(11)13-9(5)12/h2-3H,1H3,(H,15,16). The van der Waals surface area contributed by atoms with Crippen molar-refractivity contribution in [1.29, 1.82) is 0 Å². The van der Waals surface area contributed by atoms with Crippen LogP contribution >= 0.6 is 23.2 Å². The molecule has 0 unspecified atom stereocenters. The number of aromatic carboxylic acids is 1.